The molecule has 28 heavy (non-hydrogen) atoms. The van der Waals surface area contributed by atoms with Crippen LogP contribution < -0.4 is 14.8 Å². The summed E-state index contributed by atoms with van der Waals surface area (Å²) in [4.78, 5) is 20.9. The van der Waals surface area contributed by atoms with E-state index in [0.717, 1.165) is 0 Å². The SMILES string of the molecule is COc1ccc(-c2nnc(NC(=O)c3cnc4ccccc4n3)o2)c(OC)c1. The first kappa shape index (κ1) is 17.4. The van der Waals surface area contributed by atoms with Crippen molar-refractivity contribution in [3.8, 4) is 23.0 Å². The third-order valence-corrected chi connectivity index (χ3v) is 3.97. The lowest BCUT2D eigenvalue weighted by Crippen LogP contribution is -2.14. The zero-order valence-corrected chi connectivity index (χ0v) is 15.0. The first-order chi connectivity index (χ1) is 13.7. The quantitative estimate of drug-likeness (QED) is 0.565. The molecule has 0 unspecified atom stereocenters. The van der Waals surface area contributed by atoms with Gasteiger partial charge in [0.25, 0.3) is 11.8 Å². The molecule has 0 aliphatic heterocycles. The van der Waals surface area contributed by atoms with Crippen LogP contribution in [-0.4, -0.2) is 40.3 Å². The molecule has 9 heteroatoms. The van der Waals surface area contributed by atoms with Gasteiger partial charge in [-0.1, -0.05) is 17.2 Å². The molecule has 4 aromatic rings. The van der Waals surface area contributed by atoms with E-state index in [1.165, 1.54) is 13.3 Å². The van der Waals surface area contributed by atoms with Crippen LogP contribution in [0.25, 0.3) is 22.5 Å². The topological polar surface area (TPSA) is 112 Å². The average Bonchev–Trinajstić information content (AvgIpc) is 3.21. The standard InChI is InChI=1S/C19H15N5O4/c1-26-11-7-8-12(16(9-11)27-2)18-23-24-19(28-18)22-17(25)15-10-20-13-5-3-4-6-14(13)21-15/h3-10H,1-2H3,(H,22,24,25). The van der Waals surface area contributed by atoms with Crippen LogP contribution in [0.3, 0.4) is 0 Å². The molecular formula is C19H15N5O4. The maximum Gasteiger partial charge on any atom is 0.322 e. The average molecular weight is 377 g/mol. The Morgan fingerprint density at radius 1 is 1.04 bits per heavy atom. The minimum atomic E-state index is -0.504. The number of fused-ring (bicyclic) bond motifs is 1. The Bertz CT molecular complexity index is 1160. The van der Waals surface area contributed by atoms with Crippen molar-refractivity contribution < 1.29 is 18.7 Å². The van der Waals surface area contributed by atoms with Gasteiger partial charge >= 0.3 is 6.01 Å². The predicted molar refractivity (Wildman–Crippen MR) is 100 cm³/mol. The molecule has 0 saturated heterocycles. The molecule has 0 saturated carbocycles. The molecule has 9 nitrogen and oxygen atoms in total. The second-order valence-corrected chi connectivity index (χ2v) is 5.68. The first-order valence-electron chi connectivity index (χ1n) is 8.27. The van der Waals surface area contributed by atoms with Gasteiger partial charge in [0.05, 0.1) is 37.0 Å². The van der Waals surface area contributed by atoms with Crippen molar-refractivity contribution in [2.45, 2.75) is 0 Å². The summed E-state index contributed by atoms with van der Waals surface area (Å²) in [6.45, 7) is 0. The lowest BCUT2D eigenvalue weighted by molar-refractivity contribution is 0.101. The third kappa shape index (κ3) is 3.32. The van der Waals surface area contributed by atoms with E-state index in [1.807, 2.05) is 18.2 Å². The lowest BCUT2D eigenvalue weighted by Gasteiger charge is -2.07. The van der Waals surface area contributed by atoms with Crippen molar-refractivity contribution in [1.29, 1.82) is 0 Å². The fourth-order valence-electron chi connectivity index (χ4n) is 2.59. The highest BCUT2D eigenvalue weighted by Crippen LogP contribution is 2.33. The molecule has 2 heterocycles. The van der Waals surface area contributed by atoms with Crippen LogP contribution in [0.1, 0.15) is 10.5 Å². The number of ether oxygens (including phenoxy) is 2. The number of amides is 1. The van der Waals surface area contributed by atoms with Crippen LogP contribution in [-0.2, 0) is 0 Å². The molecule has 0 atom stereocenters. The molecule has 0 aliphatic rings. The molecule has 0 spiro atoms. The number of para-hydroxylation sites is 2. The number of rotatable bonds is 5. The Balaban J connectivity index is 1.56. The number of methoxy groups -OCH3 is 2. The van der Waals surface area contributed by atoms with E-state index in [9.17, 15) is 4.79 Å². The Labute approximate surface area is 159 Å². The normalized spacial score (nSPS) is 10.6. The molecular weight excluding hydrogens is 362 g/mol. The number of carbonyl (C=O) groups is 1. The van der Waals surface area contributed by atoms with Crippen LogP contribution in [0.2, 0.25) is 0 Å². The zero-order chi connectivity index (χ0) is 19.5. The largest absolute Gasteiger partial charge is 0.497 e. The van der Waals surface area contributed by atoms with Crippen molar-refractivity contribution >= 4 is 23.0 Å². The Hall–Kier alpha value is -4.01. The maximum absolute atomic E-state index is 12.4. The summed E-state index contributed by atoms with van der Waals surface area (Å²) in [5.74, 6) is 0.819. The second-order valence-electron chi connectivity index (χ2n) is 5.68. The summed E-state index contributed by atoms with van der Waals surface area (Å²) in [5.41, 5.74) is 2.03. The molecule has 0 fully saturated rings. The summed E-state index contributed by atoms with van der Waals surface area (Å²) in [6, 6.07) is 12.4. The van der Waals surface area contributed by atoms with Gasteiger partial charge in [0, 0.05) is 6.07 Å². The highest BCUT2D eigenvalue weighted by Gasteiger charge is 2.17. The van der Waals surface area contributed by atoms with Gasteiger partial charge in [-0.25, -0.2) is 4.98 Å². The summed E-state index contributed by atoms with van der Waals surface area (Å²) < 4.78 is 16.0. The molecule has 1 amide bonds. The number of aromatic nitrogens is 4. The Kier molecular flexibility index (Phi) is 4.55. The van der Waals surface area contributed by atoms with E-state index in [0.29, 0.717) is 28.1 Å². The monoisotopic (exact) mass is 377 g/mol. The van der Waals surface area contributed by atoms with E-state index in [2.05, 4.69) is 25.5 Å². The van der Waals surface area contributed by atoms with Crippen molar-refractivity contribution in [1.82, 2.24) is 20.2 Å². The van der Waals surface area contributed by atoms with E-state index < -0.39 is 5.91 Å². The summed E-state index contributed by atoms with van der Waals surface area (Å²) in [5, 5.41) is 10.3. The van der Waals surface area contributed by atoms with Crippen molar-refractivity contribution in [3.63, 3.8) is 0 Å². The minimum absolute atomic E-state index is 0.0622. The highest BCUT2D eigenvalue weighted by atomic mass is 16.5. The van der Waals surface area contributed by atoms with Gasteiger partial charge in [-0.05, 0) is 24.3 Å². The highest BCUT2D eigenvalue weighted by molar-refractivity contribution is 6.02. The second kappa shape index (κ2) is 7.31. The van der Waals surface area contributed by atoms with Crippen molar-refractivity contribution in [2.75, 3.05) is 19.5 Å². The molecule has 0 radical (unpaired) electrons. The number of benzene rings is 2. The number of carbonyl (C=O) groups excluding carboxylic acids is 1. The van der Waals surface area contributed by atoms with Gasteiger partial charge in [0.1, 0.15) is 17.2 Å². The molecule has 1 N–H and O–H groups in total. The van der Waals surface area contributed by atoms with Crippen LogP contribution in [0.5, 0.6) is 11.5 Å². The van der Waals surface area contributed by atoms with Gasteiger partial charge in [-0.15, -0.1) is 5.10 Å². The molecule has 2 aromatic heterocycles. The zero-order valence-electron chi connectivity index (χ0n) is 15.0. The number of anilines is 1. The molecule has 4 rings (SSSR count). The first-order valence-corrected chi connectivity index (χ1v) is 8.27. The third-order valence-electron chi connectivity index (χ3n) is 3.97. The number of nitrogens with zero attached hydrogens (tertiary/aromatic N) is 4. The lowest BCUT2D eigenvalue weighted by atomic mass is 10.2. The van der Waals surface area contributed by atoms with Crippen molar-refractivity contribution in [3.05, 3.63) is 54.4 Å². The summed E-state index contributed by atoms with van der Waals surface area (Å²) in [7, 11) is 3.08. The van der Waals surface area contributed by atoms with Crippen LogP contribution in [0, 0.1) is 0 Å². The van der Waals surface area contributed by atoms with Crippen LogP contribution >= 0.6 is 0 Å². The van der Waals surface area contributed by atoms with E-state index in [-0.39, 0.29) is 17.6 Å². The van der Waals surface area contributed by atoms with Gasteiger partial charge in [-0.2, -0.15) is 0 Å². The van der Waals surface area contributed by atoms with Crippen LogP contribution in [0.4, 0.5) is 6.01 Å². The van der Waals surface area contributed by atoms with E-state index in [4.69, 9.17) is 13.9 Å². The molecule has 0 bridgehead atoms. The van der Waals surface area contributed by atoms with Crippen molar-refractivity contribution in [2.24, 2.45) is 0 Å². The number of nitrogens with one attached hydrogen (secondary N) is 1. The minimum Gasteiger partial charge on any atom is -0.497 e. The summed E-state index contributed by atoms with van der Waals surface area (Å²) in [6.07, 6.45) is 1.39. The molecule has 2 aromatic carbocycles. The van der Waals surface area contributed by atoms with Gasteiger partial charge in [-0.3, -0.25) is 15.1 Å². The van der Waals surface area contributed by atoms with Gasteiger partial charge < -0.3 is 13.9 Å². The molecule has 140 valence electrons. The van der Waals surface area contributed by atoms with E-state index in [1.54, 1.807) is 31.4 Å². The van der Waals surface area contributed by atoms with Gasteiger partial charge in [0.2, 0.25) is 0 Å². The van der Waals surface area contributed by atoms with Gasteiger partial charge in [0.15, 0.2) is 0 Å². The Morgan fingerprint density at radius 3 is 2.64 bits per heavy atom. The molecule has 0 aliphatic carbocycles. The number of hydrogen-bond donors (Lipinski definition) is 1. The number of hydrogen-bond acceptors (Lipinski definition) is 8. The fourth-order valence-corrected chi connectivity index (χ4v) is 2.59. The predicted octanol–water partition coefficient (Wildman–Crippen LogP) is 2.95. The smallest absolute Gasteiger partial charge is 0.322 e. The Morgan fingerprint density at radius 2 is 1.86 bits per heavy atom. The van der Waals surface area contributed by atoms with Crippen LogP contribution in [0.15, 0.2) is 53.1 Å². The fraction of sp³-hybridized carbons (Fsp3) is 0.105. The summed E-state index contributed by atoms with van der Waals surface area (Å²) >= 11 is 0. The maximum atomic E-state index is 12.4. The van der Waals surface area contributed by atoms with E-state index >= 15 is 0 Å².